The summed E-state index contributed by atoms with van der Waals surface area (Å²) in [5.74, 6) is 0.530. The molecule has 132 valence electrons. The monoisotopic (exact) mass is 358 g/mol. The fraction of sp³-hybridized carbons (Fsp3) is 0.263. The van der Waals surface area contributed by atoms with Crippen molar-refractivity contribution < 1.29 is 4.79 Å². The SMILES string of the molecule is CN=C(NCCNC(=O)c1ccccc1Cl)NCCc1ccccc1. The molecule has 0 bridgehead atoms. The molecular formula is C19H23ClN4O. The molecule has 2 aromatic rings. The molecule has 6 heteroatoms. The molecule has 3 N–H and O–H groups in total. The van der Waals surface area contributed by atoms with Crippen molar-refractivity contribution >= 4 is 23.5 Å². The zero-order valence-corrected chi connectivity index (χ0v) is 15.0. The van der Waals surface area contributed by atoms with Crippen LogP contribution < -0.4 is 16.0 Å². The first-order chi connectivity index (χ1) is 12.2. The molecule has 0 saturated heterocycles. The number of nitrogens with one attached hydrogen (secondary N) is 3. The summed E-state index contributed by atoms with van der Waals surface area (Å²) in [6.07, 6.45) is 0.921. The second kappa shape index (κ2) is 10.4. The van der Waals surface area contributed by atoms with E-state index in [-0.39, 0.29) is 5.91 Å². The molecule has 0 unspecified atom stereocenters. The van der Waals surface area contributed by atoms with Crippen LogP contribution in [0.25, 0.3) is 0 Å². The number of aliphatic imine (C=N–C) groups is 1. The Kier molecular flexibility index (Phi) is 7.79. The molecule has 2 rings (SSSR count). The molecule has 0 fully saturated rings. The van der Waals surface area contributed by atoms with Crippen molar-refractivity contribution in [3.8, 4) is 0 Å². The quantitative estimate of drug-likeness (QED) is 0.405. The van der Waals surface area contributed by atoms with Gasteiger partial charge in [0.25, 0.3) is 5.91 Å². The van der Waals surface area contributed by atoms with Crippen molar-refractivity contribution in [1.82, 2.24) is 16.0 Å². The lowest BCUT2D eigenvalue weighted by molar-refractivity contribution is 0.0954. The fourth-order valence-electron chi connectivity index (χ4n) is 2.29. The van der Waals surface area contributed by atoms with E-state index in [0.717, 1.165) is 13.0 Å². The van der Waals surface area contributed by atoms with Crippen LogP contribution in [-0.4, -0.2) is 38.5 Å². The highest BCUT2D eigenvalue weighted by atomic mass is 35.5. The van der Waals surface area contributed by atoms with Gasteiger partial charge in [-0.3, -0.25) is 9.79 Å². The number of guanidine groups is 1. The first kappa shape index (κ1) is 18.8. The number of carbonyl (C=O) groups is 1. The van der Waals surface area contributed by atoms with Gasteiger partial charge in [-0.05, 0) is 24.1 Å². The summed E-state index contributed by atoms with van der Waals surface area (Å²) in [5, 5.41) is 9.70. The van der Waals surface area contributed by atoms with Gasteiger partial charge < -0.3 is 16.0 Å². The lowest BCUT2D eigenvalue weighted by Gasteiger charge is -2.12. The van der Waals surface area contributed by atoms with E-state index < -0.39 is 0 Å². The first-order valence-corrected chi connectivity index (χ1v) is 8.59. The predicted molar refractivity (Wildman–Crippen MR) is 103 cm³/mol. The normalized spacial score (nSPS) is 11.0. The number of nitrogens with zero attached hydrogens (tertiary/aromatic N) is 1. The molecule has 0 radical (unpaired) electrons. The third-order valence-electron chi connectivity index (χ3n) is 3.59. The van der Waals surface area contributed by atoms with Crippen molar-refractivity contribution in [3.05, 3.63) is 70.7 Å². The highest BCUT2D eigenvalue weighted by Gasteiger charge is 2.08. The summed E-state index contributed by atoms with van der Waals surface area (Å²) in [6.45, 7) is 1.83. The molecule has 2 aromatic carbocycles. The first-order valence-electron chi connectivity index (χ1n) is 8.22. The van der Waals surface area contributed by atoms with E-state index in [0.29, 0.717) is 29.6 Å². The summed E-state index contributed by atoms with van der Waals surface area (Å²) >= 11 is 6.01. The van der Waals surface area contributed by atoms with Gasteiger partial charge in [-0.2, -0.15) is 0 Å². The molecule has 25 heavy (non-hydrogen) atoms. The molecule has 1 amide bonds. The average molecular weight is 359 g/mol. The van der Waals surface area contributed by atoms with Gasteiger partial charge in [0.05, 0.1) is 10.6 Å². The number of benzene rings is 2. The molecule has 0 saturated carbocycles. The highest BCUT2D eigenvalue weighted by molar-refractivity contribution is 6.33. The number of hydrogen-bond acceptors (Lipinski definition) is 2. The van der Waals surface area contributed by atoms with Gasteiger partial charge in [-0.15, -0.1) is 0 Å². The van der Waals surface area contributed by atoms with Gasteiger partial charge in [0.2, 0.25) is 0 Å². The molecule has 0 aliphatic carbocycles. The van der Waals surface area contributed by atoms with Gasteiger partial charge >= 0.3 is 0 Å². The number of hydrogen-bond donors (Lipinski definition) is 3. The summed E-state index contributed by atoms with van der Waals surface area (Å²) in [7, 11) is 1.72. The Morgan fingerprint density at radius 3 is 2.28 bits per heavy atom. The van der Waals surface area contributed by atoms with Crippen molar-refractivity contribution in [2.45, 2.75) is 6.42 Å². The number of carbonyl (C=O) groups excluding carboxylic acids is 1. The minimum Gasteiger partial charge on any atom is -0.356 e. The zero-order valence-electron chi connectivity index (χ0n) is 14.3. The van der Waals surface area contributed by atoms with E-state index in [1.807, 2.05) is 18.2 Å². The minimum atomic E-state index is -0.181. The van der Waals surface area contributed by atoms with Crippen molar-refractivity contribution in [3.63, 3.8) is 0 Å². The van der Waals surface area contributed by atoms with E-state index in [4.69, 9.17) is 11.6 Å². The molecule has 0 aliphatic heterocycles. The lowest BCUT2D eigenvalue weighted by atomic mass is 10.1. The van der Waals surface area contributed by atoms with Crippen LogP contribution in [0.3, 0.4) is 0 Å². The maximum atomic E-state index is 12.0. The smallest absolute Gasteiger partial charge is 0.252 e. The third kappa shape index (κ3) is 6.47. The van der Waals surface area contributed by atoms with Crippen LogP contribution in [0.5, 0.6) is 0 Å². The summed E-state index contributed by atoms with van der Waals surface area (Å²) in [6, 6.07) is 17.3. The average Bonchev–Trinajstić information content (AvgIpc) is 2.64. The number of rotatable bonds is 7. The third-order valence-corrected chi connectivity index (χ3v) is 3.92. The Hall–Kier alpha value is -2.53. The van der Waals surface area contributed by atoms with Gasteiger partial charge in [-0.25, -0.2) is 0 Å². The van der Waals surface area contributed by atoms with E-state index in [1.165, 1.54) is 5.56 Å². The molecule has 0 spiro atoms. The largest absolute Gasteiger partial charge is 0.356 e. The van der Waals surface area contributed by atoms with Crippen molar-refractivity contribution in [2.75, 3.05) is 26.7 Å². The molecular weight excluding hydrogens is 336 g/mol. The van der Waals surface area contributed by atoms with Crippen molar-refractivity contribution in [2.24, 2.45) is 4.99 Å². The standard InChI is InChI=1S/C19H23ClN4O/c1-21-19(23-12-11-15-7-3-2-4-8-15)24-14-13-22-18(25)16-9-5-6-10-17(16)20/h2-10H,11-14H2,1H3,(H,22,25)(H2,21,23,24). The Labute approximate surface area is 153 Å². The van der Waals surface area contributed by atoms with Crippen LogP contribution in [0.1, 0.15) is 15.9 Å². The van der Waals surface area contributed by atoms with Crippen LogP contribution in [0.4, 0.5) is 0 Å². The van der Waals surface area contributed by atoms with E-state index in [9.17, 15) is 4.79 Å². The molecule has 0 heterocycles. The topological polar surface area (TPSA) is 65.5 Å². The highest BCUT2D eigenvalue weighted by Crippen LogP contribution is 2.14. The van der Waals surface area contributed by atoms with Crippen LogP contribution in [0.15, 0.2) is 59.6 Å². The number of halogens is 1. The Morgan fingerprint density at radius 1 is 0.920 bits per heavy atom. The van der Waals surface area contributed by atoms with Gasteiger partial charge in [0, 0.05) is 26.7 Å². The maximum Gasteiger partial charge on any atom is 0.252 e. The molecule has 0 aromatic heterocycles. The Balaban J connectivity index is 1.66. The van der Waals surface area contributed by atoms with Gasteiger partial charge in [0.15, 0.2) is 5.96 Å². The van der Waals surface area contributed by atoms with Crippen LogP contribution in [0.2, 0.25) is 5.02 Å². The Bertz CT molecular complexity index is 704. The van der Waals surface area contributed by atoms with Gasteiger partial charge in [0.1, 0.15) is 0 Å². The van der Waals surface area contributed by atoms with E-state index in [1.54, 1.807) is 31.3 Å². The van der Waals surface area contributed by atoms with E-state index in [2.05, 4.69) is 33.1 Å². The second-order valence-electron chi connectivity index (χ2n) is 5.40. The van der Waals surface area contributed by atoms with Crippen LogP contribution in [0, 0.1) is 0 Å². The van der Waals surface area contributed by atoms with Crippen LogP contribution in [-0.2, 0) is 6.42 Å². The molecule has 5 nitrogen and oxygen atoms in total. The second-order valence-corrected chi connectivity index (χ2v) is 5.80. The molecule has 0 atom stereocenters. The maximum absolute atomic E-state index is 12.0. The fourth-order valence-corrected chi connectivity index (χ4v) is 2.51. The summed E-state index contributed by atoms with van der Waals surface area (Å²) < 4.78 is 0. The van der Waals surface area contributed by atoms with Crippen molar-refractivity contribution in [1.29, 1.82) is 0 Å². The zero-order chi connectivity index (χ0) is 17.9. The Morgan fingerprint density at radius 2 is 1.56 bits per heavy atom. The van der Waals surface area contributed by atoms with Gasteiger partial charge in [-0.1, -0.05) is 54.1 Å². The predicted octanol–water partition coefficient (Wildman–Crippen LogP) is 2.48. The van der Waals surface area contributed by atoms with Crippen LogP contribution >= 0.6 is 11.6 Å². The summed E-state index contributed by atoms with van der Waals surface area (Å²) in [5.41, 5.74) is 1.76. The minimum absolute atomic E-state index is 0.181. The summed E-state index contributed by atoms with van der Waals surface area (Å²) in [4.78, 5) is 16.2. The number of amides is 1. The van der Waals surface area contributed by atoms with E-state index >= 15 is 0 Å². The molecule has 0 aliphatic rings. The lowest BCUT2D eigenvalue weighted by Crippen LogP contribution is -2.42.